The molecule has 1 heterocycles. The molecule has 0 aliphatic rings. The van der Waals surface area contributed by atoms with Crippen LogP contribution in [0.3, 0.4) is 0 Å². The summed E-state index contributed by atoms with van der Waals surface area (Å²) in [5.41, 5.74) is 1.30. The van der Waals surface area contributed by atoms with E-state index in [1.165, 1.54) is 4.90 Å². The Morgan fingerprint density at radius 1 is 1.34 bits per heavy atom. The molecular formula is C21H20ClN5O2. The highest BCUT2D eigenvalue weighted by Gasteiger charge is 2.23. The Morgan fingerprint density at radius 2 is 2.10 bits per heavy atom. The van der Waals surface area contributed by atoms with E-state index in [1.807, 2.05) is 13.0 Å². The van der Waals surface area contributed by atoms with Crippen molar-refractivity contribution >= 4 is 34.2 Å². The smallest absolute Gasteiger partial charge is 0.318 e. The standard InChI is InChI=1S/C21H20ClN5O2/c1-4-27-19(25-18-9-8-15(22)11-17(18)20(27)28)13(2)26(3)21(29)24-16-7-5-6-14(10-16)12-23/h5-11,13H,4H2,1-3H3,(H,24,29). The fourth-order valence-corrected chi connectivity index (χ4v) is 3.23. The van der Waals surface area contributed by atoms with Crippen molar-refractivity contribution in [3.05, 3.63) is 69.2 Å². The molecule has 0 aliphatic carbocycles. The number of nitrogens with one attached hydrogen (secondary N) is 1. The minimum absolute atomic E-state index is 0.197. The first-order chi connectivity index (χ1) is 13.8. The summed E-state index contributed by atoms with van der Waals surface area (Å²) in [6.07, 6.45) is 0. The first-order valence-electron chi connectivity index (χ1n) is 9.09. The van der Waals surface area contributed by atoms with Crippen molar-refractivity contribution in [2.75, 3.05) is 12.4 Å². The molecule has 29 heavy (non-hydrogen) atoms. The van der Waals surface area contributed by atoms with Crippen molar-refractivity contribution in [2.45, 2.75) is 26.4 Å². The highest BCUT2D eigenvalue weighted by atomic mass is 35.5. The van der Waals surface area contributed by atoms with Gasteiger partial charge in [-0.3, -0.25) is 9.36 Å². The van der Waals surface area contributed by atoms with Crippen molar-refractivity contribution in [3.8, 4) is 6.07 Å². The van der Waals surface area contributed by atoms with Gasteiger partial charge in [-0.25, -0.2) is 9.78 Å². The molecule has 1 atom stereocenters. The first kappa shape index (κ1) is 20.4. The molecule has 3 rings (SSSR count). The summed E-state index contributed by atoms with van der Waals surface area (Å²) in [6.45, 7) is 4.07. The zero-order valence-corrected chi connectivity index (χ0v) is 17.1. The van der Waals surface area contributed by atoms with Crippen LogP contribution in [-0.4, -0.2) is 27.5 Å². The summed E-state index contributed by atoms with van der Waals surface area (Å²) < 4.78 is 1.55. The number of aromatic nitrogens is 2. The van der Waals surface area contributed by atoms with Gasteiger partial charge in [0.2, 0.25) is 0 Å². The lowest BCUT2D eigenvalue weighted by molar-refractivity contribution is 0.204. The third kappa shape index (κ3) is 4.08. The van der Waals surface area contributed by atoms with E-state index in [2.05, 4.69) is 10.3 Å². The lowest BCUT2D eigenvalue weighted by atomic mass is 10.2. The number of carbonyl (C=O) groups excluding carboxylic acids is 1. The molecule has 0 bridgehead atoms. The largest absolute Gasteiger partial charge is 0.322 e. The Labute approximate surface area is 173 Å². The number of hydrogen-bond acceptors (Lipinski definition) is 4. The van der Waals surface area contributed by atoms with E-state index in [-0.39, 0.29) is 11.6 Å². The lowest BCUT2D eigenvalue weighted by Gasteiger charge is -2.27. The van der Waals surface area contributed by atoms with Crippen molar-refractivity contribution in [3.63, 3.8) is 0 Å². The fraction of sp³-hybridized carbons (Fsp3) is 0.238. The second-order valence-corrected chi connectivity index (χ2v) is 7.03. The second-order valence-electron chi connectivity index (χ2n) is 6.59. The quantitative estimate of drug-likeness (QED) is 0.700. The third-order valence-electron chi connectivity index (χ3n) is 4.78. The predicted molar refractivity (Wildman–Crippen MR) is 113 cm³/mol. The molecule has 2 aromatic carbocycles. The van der Waals surface area contributed by atoms with Crippen molar-refractivity contribution in [2.24, 2.45) is 0 Å². The maximum absolute atomic E-state index is 12.9. The van der Waals surface area contributed by atoms with Gasteiger partial charge in [0.1, 0.15) is 5.82 Å². The molecule has 148 valence electrons. The Hall–Kier alpha value is -3.37. The lowest BCUT2D eigenvalue weighted by Crippen LogP contribution is -2.37. The molecule has 1 aromatic heterocycles. The van der Waals surface area contributed by atoms with Crippen LogP contribution in [0.1, 0.15) is 31.3 Å². The number of nitriles is 1. The molecule has 0 saturated heterocycles. The van der Waals surface area contributed by atoms with Crippen LogP contribution in [0.15, 0.2) is 47.3 Å². The average molecular weight is 410 g/mol. The molecule has 0 saturated carbocycles. The maximum atomic E-state index is 12.9. The highest BCUT2D eigenvalue weighted by Crippen LogP contribution is 2.21. The van der Waals surface area contributed by atoms with Crippen LogP contribution >= 0.6 is 11.6 Å². The molecule has 2 amide bonds. The molecule has 0 radical (unpaired) electrons. The summed E-state index contributed by atoms with van der Waals surface area (Å²) >= 11 is 6.02. The summed E-state index contributed by atoms with van der Waals surface area (Å²) in [6, 6.07) is 12.8. The van der Waals surface area contributed by atoms with Crippen LogP contribution in [0.5, 0.6) is 0 Å². The number of carbonyl (C=O) groups is 1. The van der Waals surface area contributed by atoms with Crippen molar-refractivity contribution < 1.29 is 4.79 Å². The zero-order valence-electron chi connectivity index (χ0n) is 16.3. The number of fused-ring (bicyclic) bond motifs is 1. The average Bonchev–Trinajstić information content (AvgIpc) is 2.73. The molecule has 0 aliphatic heterocycles. The topological polar surface area (TPSA) is 91.0 Å². The van der Waals surface area contributed by atoms with E-state index in [0.717, 1.165) is 0 Å². The summed E-state index contributed by atoms with van der Waals surface area (Å²) in [4.78, 5) is 31.7. The molecular weight excluding hydrogens is 390 g/mol. The molecule has 7 nitrogen and oxygen atoms in total. The van der Waals surface area contributed by atoms with E-state index < -0.39 is 6.04 Å². The first-order valence-corrected chi connectivity index (χ1v) is 9.47. The van der Waals surface area contributed by atoms with E-state index in [1.54, 1.807) is 61.0 Å². The van der Waals surface area contributed by atoms with Gasteiger partial charge in [-0.15, -0.1) is 0 Å². The SMILES string of the molecule is CCn1c(C(C)N(C)C(=O)Nc2cccc(C#N)c2)nc2ccc(Cl)cc2c1=O. The normalized spacial score (nSPS) is 11.7. The Morgan fingerprint density at radius 3 is 2.79 bits per heavy atom. The van der Waals surface area contributed by atoms with Gasteiger partial charge in [0.05, 0.1) is 28.6 Å². The Kier molecular flexibility index (Phi) is 5.85. The molecule has 1 N–H and O–H groups in total. The van der Waals surface area contributed by atoms with Crippen LogP contribution in [0.4, 0.5) is 10.5 Å². The van der Waals surface area contributed by atoms with Gasteiger partial charge in [0, 0.05) is 24.3 Å². The van der Waals surface area contributed by atoms with Crippen LogP contribution in [0.25, 0.3) is 10.9 Å². The van der Waals surface area contributed by atoms with Crippen LogP contribution in [0, 0.1) is 11.3 Å². The minimum atomic E-state index is -0.470. The van der Waals surface area contributed by atoms with E-state index in [0.29, 0.717) is 39.5 Å². The minimum Gasteiger partial charge on any atom is -0.318 e. The van der Waals surface area contributed by atoms with Gasteiger partial charge in [-0.05, 0) is 50.2 Å². The second kappa shape index (κ2) is 8.33. The summed E-state index contributed by atoms with van der Waals surface area (Å²) in [5, 5.41) is 12.7. The van der Waals surface area contributed by atoms with Crippen LogP contribution in [-0.2, 0) is 6.54 Å². The number of amides is 2. The molecule has 0 spiro atoms. The number of rotatable bonds is 4. The highest BCUT2D eigenvalue weighted by molar-refractivity contribution is 6.31. The maximum Gasteiger partial charge on any atom is 0.322 e. The van der Waals surface area contributed by atoms with Gasteiger partial charge in [-0.2, -0.15) is 5.26 Å². The van der Waals surface area contributed by atoms with Crippen molar-refractivity contribution in [1.29, 1.82) is 5.26 Å². The van der Waals surface area contributed by atoms with E-state index in [4.69, 9.17) is 16.9 Å². The third-order valence-corrected chi connectivity index (χ3v) is 5.01. The van der Waals surface area contributed by atoms with Gasteiger partial charge in [-0.1, -0.05) is 17.7 Å². The number of nitrogens with zero attached hydrogens (tertiary/aromatic N) is 4. The molecule has 0 fully saturated rings. The molecule has 8 heteroatoms. The zero-order chi connectivity index (χ0) is 21.1. The van der Waals surface area contributed by atoms with Gasteiger partial charge >= 0.3 is 6.03 Å². The van der Waals surface area contributed by atoms with E-state index in [9.17, 15) is 9.59 Å². The predicted octanol–water partition coefficient (Wildman–Crippen LogP) is 4.17. The van der Waals surface area contributed by atoms with Gasteiger partial charge in [0.25, 0.3) is 5.56 Å². The summed E-state index contributed by atoms with van der Waals surface area (Å²) in [5.74, 6) is 0.482. The number of hydrogen-bond donors (Lipinski definition) is 1. The van der Waals surface area contributed by atoms with Gasteiger partial charge in [0.15, 0.2) is 0 Å². The monoisotopic (exact) mass is 409 g/mol. The molecule has 1 unspecified atom stereocenters. The van der Waals surface area contributed by atoms with Gasteiger partial charge < -0.3 is 10.2 Å². The number of halogens is 1. The number of anilines is 1. The number of benzene rings is 2. The Bertz CT molecular complexity index is 1180. The van der Waals surface area contributed by atoms with Crippen LogP contribution in [0.2, 0.25) is 5.02 Å². The van der Waals surface area contributed by atoms with Crippen molar-refractivity contribution in [1.82, 2.24) is 14.5 Å². The molecule has 3 aromatic rings. The fourth-order valence-electron chi connectivity index (χ4n) is 3.06. The number of urea groups is 1. The Balaban J connectivity index is 1.94. The van der Waals surface area contributed by atoms with Crippen LogP contribution < -0.4 is 10.9 Å². The van der Waals surface area contributed by atoms with E-state index >= 15 is 0 Å². The summed E-state index contributed by atoms with van der Waals surface area (Å²) in [7, 11) is 1.63.